The Bertz CT molecular complexity index is 391. The lowest BCUT2D eigenvalue weighted by atomic mass is 10.0. The van der Waals surface area contributed by atoms with Crippen LogP contribution in [0.2, 0.25) is 0 Å². The summed E-state index contributed by atoms with van der Waals surface area (Å²) >= 11 is 0. The third kappa shape index (κ3) is 5.75. The van der Waals surface area contributed by atoms with Gasteiger partial charge in [-0.25, -0.2) is 0 Å². The summed E-state index contributed by atoms with van der Waals surface area (Å²) in [6, 6.07) is 10.4. The van der Waals surface area contributed by atoms with Crippen molar-refractivity contribution in [2.45, 2.75) is 18.9 Å². The van der Waals surface area contributed by atoms with Crippen molar-refractivity contribution in [2.75, 3.05) is 53.0 Å². The molecule has 1 aliphatic heterocycles. The van der Waals surface area contributed by atoms with Gasteiger partial charge in [-0.15, -0.1) is 0 Å². The summed E-state index contributed by atoms with van der Waals surface area (Å²) in [5, 5.41) is 10.1. The fraction of sp³-hybridized carbons (Fsp3) is 0.647. The van der Waals surface area contributed by atoms with Crippen molar-refractivity contribution in [2.24, 2.45) is 0 Å². The lowest BCUT2D eigenvalue weighted by molar-refractivity contribution is -1.00. The first-order chi connectivity index (χ1) is 10.1. The van der Waals surface area contributed by atoms with Gasteiger partial charge in [0.1, 0.15) is 38.8 Å². The first kappa shape index (κ1) is 16.4. The van der Waals surface area contributed by atoms with Crippen molar-refractivity contribution in [3.05, 3.63) is 35.9 Å². The molecule has 0 bridgehead atoms. The largest absolute Gasteiger partial charge is 0.385 e. The van der Waals surface area contributed by atoms with Gasteiger partial charge in [0.05, 0.1) is 20.3 Å². The lowest BCUT2D eigenvalue weighted by Crippen LogP contribution is -3.27. The molecule has 118 valence electrons. The van der Waals surface area contributed by atoms with Crippen LogP contribution in [-0.2, 0) is 4.74 Å². The van der Waals surface area contributed by atoms with E-state index in [1.54, 1.807) is 4.90 Å². The molecule has 0 saturated carbocycles. The standard InChI is InChI=1S/C17H28N2O2/c1-15(16-6-4-3-5-7-16)13-21-14-17(20)12-19-10-8-18(2)9-11-19/h3-7,15,17,20H,8-14H2,1-2H3/p+2/t15-,17-/m1/s1. The molecule has 1 aromatic carbocycles. The van der Waals surface area contributed by atoms with E-state index in [0.717, 1.165) is 19.6 Å². The van der Waals surface area contributed by atoms with Crippen LogP contribution >= 0.6 is 0 Å². The number of hydrogen-bond acceptors (Lipinski definition) is 2. The van der Waals surface area contributed by atoms with Gasteiger partial charge >= 0.3 is 0 Å². The van der Waals surface area contributed by atoms with Gasteiger partial charge in [-0.1, -0.05) is 37.3 Å². The lowest BCUT2D eigenvalue weighted by Gasteiger charge is -2.28. The molecule has 0 aliphatic carbocycles. The Morgan fingerprint density at radius 2 is 1.76 bits per heavy atom. The predicted molar refractivity (Wildman–Crippen MR) is 83.9 cm³/mol. The zero-order valence-electron chi connectivity index (χ0n) is 13.3. The molecule has 0 aromatic heterocycles. The molecule has 3 N–H and O–H groups in total. The quantitative estimate of drug-likeness (QED) is 0.578. The number of nitrogens with one attached hydrogen (secondary N) is 2. The van der Waals surface area contributed by atoms with Crippen LogP contribution < -0.4 is 9.80 Å². The van der Waals surface area contributed by atoms with E-state index in [4.69, 9.17) is 4.74 Å². The molecule has 1 fully saturated rings. The number of piperazine rings is 1. The Hall–Kier alpha value is -0.940. The SMILES string of the molecule is C[C@H](COC[C@H](O)C[NH+]1CC[NH+](C)CC1)c1ccccc1. The zero-order valence-corrected chi connectivity index (χ0v) is 13.3. The van der Waals surface area contributed by atoms with Crippen molar-refractivity contribution < 1.29 is 19.6 Å². The van der Waals surface area contributed by atoms with E-state index >= 15 is 0 Å². The van der Waals surface area contributed by atoms with E-state index in [1.807, 2.05) is 6.07 Å². The van der Waals surface area contributed by atoms with Gasteiger partial charge in [-0.3, -0.25) is 0 Å². The summed E-state index contributed by atoms with van der Waals surface area (Å²) in [4.78, 5) is 3.11. The maximum absolute atomic E-state index is 10.1. The van der Waals surface area contributed by atoms with Crippen LogP contribution in [-0.4, -0.2) is 64.2 Å². The molecule has 1 heterocycles. The molecule has 4 heteroatoms. The van der Waals surface area contributed by atoms with Gasteiger partial charge in [0.2, 0.25) is 0 Å². The van der Waals surface area contributed by atoms with Crippen molar-refractivity contribution >= 4 is 0 Å². The number of aliphatic hydroxyl groups is 1. The highest BCUT2D eigenvalue weighted by atomic mass is 16.5. The topological polar surface area (TPSA) is 38.3 Å². The van der Waals surface area contributed by atoms with Gasteiger partial charge in [0.15, 0.2) is 0 Å². The number of quaternary nitrogens is 2. The number of rotatable bonds is 7. The van der Waals surface area contributed by atoms with E-state index in [2.05, 4.69) is 38.2 Å². The van der Waals surface area contributed by atoms with Gasteiger partial charge in [0, 0.05) is 5.92 Å². The first-order valence-electron chi connectivity index (χ1n) is 8.10. The summed E-state index contributed by atoms with van der Waals surface area (Å²) < 4.78 is 5.71. The Kier molecular flexibility index (Phi) is 6.64. The summed E-state index contributed by atoms with van der Waals surface area (Å²) in [7, 11) is 2.24. The molecule has 2 rings (SSSR count). The van der Waals surface area contributed by atoms with Crippen LogP contribution in [0, 0.1) is 0 Å². The molecule has 0 spiro atoms. The van der Waals surface area contributed by atoms with Crippen molar-refractivity contribution in [1.82, 2.24) is 0 Å². The molecule has 0 unspecified atom stereocenters. The maximum Gasteiger partial charge on any atom is 0.127 e. The summed E-state index contributed by atoms with van der Waals surface area (Å²) in [6.07, 6.45) is -0.346. The summed E-state index contributed by atoms with van der Waals surface area (Å²) in [5.41, 5.74) is 1.29. The number of likely N-dealkylation sites (N-methyl/N-ethyl adjacent to an activating group) is 1. The Morgan fingerprint density at radius 3 is 2.43 bits per heavy atom. The van der Waals surface area contributed by atoms with E-state index < -0.39 is 0 Å². The summed E-state index contributed by atoms with van der Waals surface area (Å²) in [6.45, 7) is 8.81. The fourth-order valence-electron chi connectivity index (χ4n) is 2.89. The van der Waals surface area contributed by atoms with Crippen LogP contribution in [0.15, 0.2) is 30.3 Å². The van der Waals surface area contributed by atoms with Gasteiger partial charge in [-0.05, 0) is 5.56 Å². The molecule has 0 amide bonds. The second-order valence-electron chi connectivity index (χ2n) is 6.41. The Balaban J connectivity index is 1.62. The summed E-state index contributed by atoms with van der Waals surface area (Å²) in [5.74, 6) is 0.373. The van der Waals surface area contributed by atoms with Crippen molar-refractivity contribution in [3.8, 4) is 0 Å². The third-order valence-corrected chi connectivity index (χ3v) is 4.38. The molecule has 1 saturated heterocycles. The van der Waals surface area contributed by atoms with Crippen molar-refractivity contribution in [1.29, 1.82) is 0 Å². The van der Waals surface area contributed by atoms with E-state index in [0.29, 0.717) is 19.1 Å². The number of hydrogen-bond donors (Lipinski definition) is 3. The minimum absolute atomic E-state index is 0.346. The van der Waals surface area contributed by atoms with E-state index in [-0.39, 0.29) is 6.10 Å². The molecular formula is C17H30N2O2+2. The highest BCUT2D eigenvalue weighted by molar-refractivity contribution is 5.18. The Morgan fingerprint density at radius 1 is 1.10 bits per heavy atom. The minimum Gasteiger partial charge on any atom is -0.385 e. The van der Waals surface area contributed by atoms with Crippen LogP contribution in [0.4, 0.5) is 0 Å². The van der Waals surface area contributed by atoms with Crippen LogP contribution in [0.3, 0.4) is 0 Å². The maximum atomic E-state index is 10.1. The number of benzene rings is 1. The van der Waals surface area contributed by atoms with Gasteiger partial charge in [-0.2, -0.15) is 0 Å². The predicted octanol–water partition coefficient (Wildman–Crippen LogP) is -1.42. The van der Waals surface area contributed by atoms with E-state index in [9.17, 15) is 5.11 Å². The third-order valence-electron chi connectivity index (χ3n) is 4.38. The Labute approximate surface area is 128 Å². The molecule has 1 aliphatic rings. The number of ether oxygens (including phenoxy) is 1. The first-order valence-corrected chi connectivity index (χ1v) is 8.10. The smallest absolute Gasteiger partial charge is 0.127 e. The second kappa shape index (κ2) is 8.49. The second-order valence-corrected chi connectivity index (χ2v) is 6.41. The monoisotopic (exact) mass is 294 g/mol. The average molecular weight is 294 g/mol. The zero-order chi connectivity index (χ0) is 15.1. The minimum atomic E-state index is -0.346. The molecule has 0 radical (unpaired) electrons. The van der Waals surface area contributed by atoms with Gasteiger partial charge in [0.25, 0.3) is 0 Å². The molecule has 4 nitrogen and oxygen atoms in total. The molecule has 1 aromatic rings. The molecular weight excluding hydrogens is 264 g/mol. The number of aliphatic hydroxyl groups excluding tert-OH is 1. The van der Waals surface area contributed by atoms with E-state index in [1.165, 1.54) is 23.6 Å². The molecule has 2 atom stereocenters. The van der Waals surface area contributed by atoms with Gasteiger partial charge < -0.3 is 19.6 Å². The van der Waals surface area contributed by atoms with Crippen LogP contribution in [0.25, 0.3) is 0 Å². The normalized spacial score (nSPS) is 25.5. The average Bonchev–Trinajstić information content (AvgIpc) is 2.50. The fourth-order valence-corrected chi connectivity index (χ4v) is 2.89. The highest BCUT2D eigenvalue weighted by Gasteiger charge is 2.22. The van der Waals surface area contributed by atoms with Crippen LogP contribution in [0.5, 0.6) is 0 Å². The van der Waals surface area contributed by atoms with Crippen molar-refractivity contribution in [3.63, 3.8) is 0 Å². The van der Waals surface area contributed by atoms with Crippen LogP contribution in [0.1, 0.15) is 18.4 Å². The molecule has 21 heavy (non-hydrogen) atoms. The highest BCUT2D eigenvalue weighted by Crippen LogP contribution is 2.14.